The maximum atomic E-state index is 11.5. The third-order valence-corrected chi connectivity index (χ3v) is 2.46. The highest BCUT2D eigenvalue weighted by Crippen LogP contribution is 2.19. The zero-order valence-electron chi connectivity index (χ0n) is 9.13. The Labute approximate surface area is 99.4 Å². The molecule has 0 bridgehead atoms. The highest BCUT2D eigenvalue weighted by molar-refractivity contribution is 5.97. The van der Waals surface area contributed by atoms with E-state index in [4.69, 9.17) is 5.26 Å². The van der Waals surface area contributed by atoms with Crippen molar-refractivity contribution < 1.29 is 4.79 Å². The summed E-state index contributed by atoms with van der Waals surface area (Å²) in [5.41, 5.74) is 2.66. The Morgan fingerprint density at radius 1 is 1.06 bits per heavy atom. The van der Waals surface area contributed by atoms with Crippen molar-refractivity contribution in [2.75, 3.05) is 0 Å². The number of hydrogen-bond donors (Lipinski definition) is 0. The summed E-state index contributed by atoms with van der Waals surface area (Å²) in [6.07, 6.45) is 3.38. The molecule has 1 heterocycles. The second-order valence-corrected chi connectivity index (χ2v) is 3.57. The van der Waals surface area contributed by atoms with Gasteiger partial charge in [-0.3, -0.25) is 9.78 Å². The minimum atomic E-state index is -0.145. The largest absolute Gasteiger partial charge is 0.293 e. The highest BCUT2D eigenvalue weighted by Gasteiger charge is 2.05. The molecule has 1 aromatic heterocycles. The molecule has 1 aromatic carbocycles. The number of benzene rings is 1. The van der Waals surface area contributed by atoms with E-state index in [9.17, 15) is 4.79 Å². The Balaban J connectivity index is 2.25. The number of Topliss-reactive ketones (excluding diaryl/α,β-unsaturated/α-hetero) is 1. The van der Waals surface area contributed by atoms with Crippen molar-refractivity contribution in [2.45, 2.75) is 6.42 Å². The molecule has 2 rings (SSSR count). The van der Waals surface area contributed by atoms with E-state index in [0.717, 1.165) is 11.1 Å². The molecule has 0 aliphatic carbocycles. The van der Waals surface area contributed by atoms with E-state index in [2.05, 4.69) is 4.98 Å². The van der Waals surface area contributed by atoms with E-state index >= 15 is 0 Å². The summed E-state index contributed by atoms with van der Waals surface area (Å²) in [5.74, 6) is -0.145. The summed E-state index contributed by atoms with van der Waals surface area (Å²) >= 11 is 0. The van der Waals surface area contributed by atoms with Crippen LogP contribution in [0.15, 0.2) is 48.8 Å². The molecule has 0 fully saturated rings. The third kappa shape index (κ3) is 2.56. The van der Waals surface area contributed by atoms with Crippen LogP contribution >= 0.6 is 0 Å². The number of nitriles is 1. The number of nitrogens with zero attached hydrogens (tertiary/aromatic N) is 2. The number of ketones is 1. The van der Waals surface area contributed by atoms with E-state index in [1.807, 2.05) is 30.3 Å². The molecular weight excluding hydrogens is 212 g/mol. The van der Waals surface area contributed by atoms with Crippen molar-refractivity contribution in [3.8, 4) is 17.2 Å². The van der Waals surface area contributed by atoms with Gasteiger partial charge in [0.1, 0.15) is 0 Å². The van der Waals surface area contributed by atoms with Gasteiger partial charge >= 0.3 is 0 Å². The molecular formula is C14H10N2O. The maximum Gasteiger partial charge on any atom is 0.176 e. The molecule has 0 radical (unpaired) electrons. The Bertz CT molecular complexity index is 553. The smallest absolute Gasteiger partial charge is 0.176 e. The average Bonchev–Trinajstić information content (AvgIpc) is 2.40. The SMILES string of the molecule is N#CCC(=O)c1ccc(-c2ccncc2)cc1. The molecule has 0 spiro atoms. The molecule has 0 atom stereocenters. The van der Waals surface area contributed by atoms with Crippen LogP contribution in [0.4, 0.5) is 0 Å². The Morgan fingerprint density at radius 2 is 1.65 bits per heavy atom. The van der Waals surface area contributed by atoms with Crippen molar-refractivity contribution in [1.82, 2.24) is 4.98 Å². The number of pyridine rings is 1. The van der Waals surface area contributed by atoms with Gasteiger partial charge in [0.2, 0.25) is 0 Å². The predicted molar refractivity (Wildman–Crippen MR) is 64.2 cm³/mol. The summed E-state index contributed by atoms with van der Waals surface area (Å²) in [7, 11) is 0. The van der Waals surface area contributed by atoms with Gasteiger partial charge in [-0.05, 0) is 23.3 Å². The predicted octanol–water partition coefficient (Wildman–Crippen LogP) is 2.84. The van der Waals surface area contributed by atoms with Gasteiger partial charge in [-0.2, -0.15) is 5.26 Å². The van der Waals surface area contributed by atoms with Gasteiger partial charge in [-0.1, -0.05) is 24.3 Å². The van der Waals surface area contributed by atoms with Crippen LogP contribution in [0.1, 0.15) is 16.8 Å². The van der Waals surface area contributed by atoms with Crippen molar-refractivity contribution in [1.29, 1.82) is 5.26 Å². The van der Waals surface area contributed by atoms with Crippen LogP contribution in [0.2, 0.25) is 0 Å². The molecule has 0 aliphatic rings. The van der Waals surface area contributed by atoms with Gasteiger partial charge in [0, 0.05) is 18.0 Å². The zero-order chi connectivity index (χ0) is 12.1. The van der Waals surface area contributed by atoms with Crippen molar-refractivity contribution in [3.05, 3.63) is 54.4 Å². The monoisotopic (exact) mass is 222 g/mol. The first kappa shape index (κ1) is 11.0. The minimum Gasteiger partial charge on any atom is -0.293 e. The van der Waals surface area contributed by atoms with Crippen LogP contribution in [0, 0.1) is 11.3 Å². The third-order valence-electron chi connectivity index (χ3n) is 2.46. The van der Waals surface area contributed by atoms with E-state index in [-0.39, 0.29) is 12.2 Å². The summed E-state index contributed by atoms with van der Waals surface area (Å²) < 4.78 is 0. The highest BCUT2D eigenvalue weighted by atomic mass is 16.1. The number of hydrogen-bond acceptors (Lipinski definition) is 3. The fourth-order valence-electron chi connectivity index (χ4n) is 1.57. The Hall–Kier alpha value is -2.47. The molecule has 0 saturated heterocycles. The normalized spacial score (nSPS) is 9.59. The second-order valence-electron chi connectivity index (χ2n) is 3.57. The maximum absolute atomic E-state index is 11.5. The molecule has 82 valence electrons. The van der Waals surface area contributed by atoms with Gasteiger partial charge < -0.3 is 0 Å². The molecule has 3 nitrogen and oxygen atoms in total. The fourth-order valence-corrected chi connectivity index (χ4v) is 1.57. The number of carbonyl (C=O) groups is 1. The van der Waals surface area contributed by atoms with Gasteiger partial charge in [0.25, 0.3) is 0 Å². The molecule has 2 aromatic rings. The topological polar surface area (TPSA) is 53.8 Å². The molecule has 0 unspecified atom stereocenters. The van der Waals surface area contributed by atoms with Crippen LogP contribution in [0.3, 0.4) is 0 Å². The van der Waals surface area contributed by atoms with Gasteiger partial charge in [-0.25, -0.2) is 0 Å². The summed E-state index contributed by atoms with van der Waals surface area (Å²) in [6, 6.07) is 12.9. The summed E-state index contributed by atoms with van der Waals surface area (Å²) in [4.78, 5) is 15.4. The van der Waals surface area contributed by atoms with Crippen LogP contribution < -0.4 is 0 Å². The van der Waals surface area contributed by atoms with Crippen LogP contribution in [-0.2, 0) is 0 Å². The van der Waals surface area contributed by atoms with Crippen LogP contribution in [0.5, 0.6) is 0 Å². The quantitative estimate of drug-likeness (QED) is 0.750. The number of aromatic nitrogens is 1. The van der Waals surface area contributed by atoms with E-state index in [1.54, 1.807) is 24.5 Å². The Morgan fingerprint density at radius 3 is 2.24 bits per heavy atom. The van der Waals surface area contributed by atoms with E-state index in [1.165, 1.54) is 0 Å². The fraction of sp³-hybridized carbons (Fsp3) is 0.0714. The Kier molecular flexibility index (Phi) is 3.27. The molecule has 17 heavy (non-hydrogen) atoms. The lowest BCUT2D eigenvalue weighted by molar-refractivity contribution is 0.0998. The van der Waals surface area contributed by atoms with Crippen molar-refractivity contribution in [2.24, 2.45) is 0 Å². The zero-order valence-corrected chi connectivity index (χ0v) is 9.13. The van der Waals surface area contributed by atoms with Gasteiger partial charge in [-0.15, -0.1) is 0 Å². The number of rotatable bonds is 3. The molecule has 0 N–H and O–H groups in total. The van der Waals surface area contributed by atoms with Crippen molar-refractivity contribution >= 4 is 5.78 Å². The van der Waals surface area contributed by atoms with Crippen LogP contribution in [-0.4, -0.2) is 10.8 Å². The first-order chi connectivity index (χ1) is 8.31. The second kappa shape index (κ2) is 5.04. The molecule has 0 saturated carbocycles. The standard InChI is InChI=1S/C14H10N2O/c15-8-5-14(17)13-3-1-11(2-4-13)12-6-9-16-10-7-12/h1-4,6-7,9-10H,5H2. The molecule has 3 heteroatoms. The van der Waals surface area contributed by atoms with Crippen LogP contribution in [0.25, 0.3) is 11.1 Å². The van der Waals surface area contributed by atoms with E-state index < -0.39 is 0 Å². The average molecular weight is 222 g/mol. The lowest BCUT2D eigenvalue weighted by Crippen LogP contribution is -1.96. The van der Waals surface area contributed by atoms with Crippen molar-refractivity contribution in [3.63, 3.8) is 0 Å². The first-order valence-electron chi connectivity index (χ1n) is 5.22. The molecule has 0 aliphatic heterocycles. The lowest BCUT2D eigenvalue weighted by atomic mass is 10.0. The molecule has 0 amide bonds. The van der Waals surface area contributed by atoms with Gasteiger partial charge in [0.05, 0.1) is 12.5 Å². The van der Waals surface area contributed by atoms with E-state index in [0.29, 0.717) is 5.56 Å². The summed E-state index contributed by atoms with van der Waals surface area (Å²) in [5, 5.41) is 8.45. The minimum absolute atomic E-state index is 0.0748. The number of carbonyl (C=O) groups excluding carboxylic acids is 1. The lowest BCUT2D eigenvalue weighted by Gasteiger charge is -2.02. The first-order valence-corrected chi connectivity index (χ1v) is 5.22. The van der Waals surface area contributed by atoms with Gasteiger partial charge in [0.15, 0.2) is 5.78 Å². The summed E-state index contributed by atoms with van der Waals surface area (Å²) in [6.45, 7) is 0.